The highest BCUT2D eigenvalue weighted by atomic mass is 16.3. The summed E-state index contributed by atoms with van der Waals surface area (Å²) in [7, 11) is 0. The molecule has 1 aromatic carbocycles. The van der Waals surface area contributed by atoms with Gasteiger partial charge in [-0.05, 0) is 46.1 Å². The molecule has 0 saturated carbocycles. The molecule has 1 heterocycles. The van der Waals surface area contributed by atoms with Crippen LogP contribution >= 0.6 is 0 Å². The number of benzene rings is 1. The van der Waals surface area contributed by atoms with Crippen molar-refractivity contribution >= 4 is 0 Å². The van der Waals surface area contributed by atoms with E-state index in [0.717, 1.165) is 43.7 Å². The van der Waals surface area contributed by atoms with Gasteiger partial charge in [0.2, 0.25) is 0 Å². The maximum absolute atomic E-state index is 10.9. The lowest BCUT2D eigenvalue weighted by Crippen LogP contribution is -2.45. The lowest BCUT2D eigenvalue weighted by molar-refractivity contribution is 0.141. The minimum absolute atomic E-state index is 0.132. The van der Waals surface area contributed by atoms with E-state index < -0.39 is 0 Å². The summed E-state index contributed by atoms with van der Waals surface area (Å²) in [5.41, 5.74) is 2.94. The van der Waals surface area contributed by atoms with Crippen LogP contribution in [0.15, 0.2) is 12.1 Å². The second kappa shape index (κ2) is 7.65. The van der Waals surface area contributed by atoms with Crippen molar-refractivity contribution in [2.75, 3.05) is 32.8 Å². The van der Waals surface area contributed by atoms with Crippen LogP contribution < -0.4 is 5.32 Å². The summed E-state index contributed by atoms with van der Waals surface area (Å²) >= 11 is 0. The summed E-state index contributed by atoms with van der Waals surface area (Å²) in [6.07, 6.45) is 0.720. The first-order valence-corrected chi connectivity index (χ1v) is 9.49. The highest BCUT2D eigenvalue weighted by Crippen LogP contribution is 2.42. The van der Waals surface area contributed by atoms with Gasteiger partial charge in [-0.1, -0.05) is 41.5 Å². The average molecular weight is 349 g/mol. The molecule has 3 N–H and O–H groups in total. The van der Waals surface area contributed by atoms with Crippen LogP contribution in [0.3, 0.4) is 0 Å². The van der Waals surface area contributed by atoms with Crippen molar-refractivity contribution in [1.82, 2.24) is 10.2 Å². The van der Waals surface area contributed by atoms with Gasteiger partial charge in [-0.15, -0.1) is 0 Å². The molecule has 0 aliphatic carbocycles. The molecule has 1 aliphatic heterocycles. The second-order valence-electron chi connectivity index (χ2n) is 9.28. The summed E-state index contributed by atoms with van der Waals surface area (Å²) in [6, 6.07) is 4.51. The van der Waals surface area contributed by atoms with Crippen LogP contribution in [0, 0.1) is 0 Å². The van der Waals surface area contributed by atoms with E-state index in [0.29, 0.717) is 5.75 Å². The predicted molar refractivity (Wildman–Crippen MR) is 104 cm³/mol. The molecule has 0 amide bonds. The Balaban J connectivity index is 2.57. The fourth-order valence-electron chi connectivity index (χ4n) is 3.67. The molecule has 1 aromatic rings. The Morgan fingerprint density at radius 1 is 1.00 bits per heavy atom. The molecule has 1 atom stereocenters. The highest BCUT2D eigenvalue weighted by molar-refractivity contribution is 5.50. The Bertz CT molecular complexity index is 544. The van der Waals surface area contributed by atoms with Crippen LogP contribution in [-0.4, -0.2) is 47.9 Å². The van der Waals surface area contributed by atoms with Gasteiger partial charge in [0.1, 0.15) is 5.75 Å². The zero-order valence-electron chi connectivity index (χ0n) is 16.8. The van der Waals surface area contributed by atoms with E-state index in [-0.39, 0.29) is 23.5 Å². The van der Waals surface area contributed by atoms with Crippen molar-refractivity contribution in [3.05, 3.63) is 28.8 Å². The van der Waals surface area contributed by atoms with E-state index in [1.54, 1.807) is 0 Å². The minimum atomic E-state index is -0.132. The number of aliphatic hydroxyl groups excluding tert-OH is 1. The summed E-state index contributed by atoms with van der Waals surface area (Å²) in [6.45, 7) is 17.0. The summed E-state index contributed by atoms with van der Waals surface area (Å²) < 4.78 is 0. The topological polar surface area (TPSA) is 55.7 Å². The Morgan fingerprint density at radius 2 is 1.48 bits per heavy atom. The SMILES string of the molecule is CC(C)(C)c1cc([C@@H](CCO)N2CCNCC2)cc(C(C)(C)C)c1O. The molecule has 4 heteroatoms. The number of piperazine rings is 1. The predicted octanol–water partition coefficient (Wildman–Crippen LogP) is 3.32. The van der Waals surface area contributed by atoms with Crippen LogP contribution in [0.2, 0.25) is 0 Å². The van der Waals surface area contributed by atoms with E-state index in [1.807, 2.05) is 0 Å². The zero-order chi connectivity index (χ0) is 18.8. The van der Waals surface area contributed by atoms with Gasteiger partial charge >= 0.3 is 0 Å². The monoisotopic (exact) mass is 348 g/mol. The minimum Gasteiger partial charge on any atom is -0.507 e. The molecular formula is C21H36N2O2. The number of nitrogens with one attached hydrogen (secondary N) is 1. The molecule has 0 spiro atoms. The molecule has 0 radical (unpaired) electrons. The molecular weight excluding hydrogens is 312 g/mol. The number of rotatable bonds is 4. The first-order chi connectivity index (χ1) is 11.6. The van der Waals surface area contributed by atoms with Gasteiger partial charge in [0, 0.05) is 38.8 Å². The molecule has 1 saturated heterocycles. The Morgan fingerprint density at radius 3 is 1.88 bits per heavy atom. The lowest BCUT2D eigenvalue weighted by Gasteiger charge is -2.37. The van der Waals surface area contributed by atoms with Gasteiger partial charge in [0.25, 0.3) is 0 Å². The van der Waals surface area contributed by atoms with Crippen molar-refractivity contribution < 1.29 is 10.2 Å². The van der Waals surface area contributed by atoms with Crippen LogP contribution in [0.1, 0.15) is 70.7 Å². The molecule has 2 rings (SSSR count). The van der Waals surface area contributed by atoms with E-state index in [2.05, 4.69) is 63.9 Å². The summed E-state index contributed by atoms with van der Waals surface area (Å²) in [5.74, 6) is 0.423. The fraction of sp³-hybridized carbons (Fsp3) is 0.714. The molecule has 25 heavy (non-hydrogen) atoms. The summed E-state index contributed by atoms with van der Waals surface area (Å²) in [5, 5.41) is 24.0. The highest BCUT2D eigenvalue weighted by Gasteiger charge is 2.30. The molecule has 0 unspecified atom stereocenters. The molecule has 0 aromatic heterocycles. The maximum Gasteiger partial charge on any atom is 0.123 e. The van der Waals surface area contributed by atoms with E-state index in [4.69, 9.17) is 0 Å². The first-order valence-electron chi connectivity index (χ1n) is 9.49. The molecule has 0 bridgehead atoms. The Labute approximate surface area is 153 Å². The number of aromatic hydroxyl groups is 1. The van der Waals surface area contributed by atoms with Crippen LogP contribution in [0.5, 0.6) is 5.75 Å². The standard InChI is InChI=1S/C21H36N2O2/c1-20(2,3)16-13-15(14-17(19(16)25)21(4,5)6)18(7-12-24)23-10-8-22-9-11-23/h13-14,18,22,24-25H,7-12H2,1-6H3/t18-/m1/s1. The van der Waals surface area contributed by atoms with Crippen molar-refractivity contribution in [1.29, 1.82) is 0 Å². The third-order valence-electron chi connectivity index (χ3n) is 5.13. The third-order valence-corrected chi connectivity index (χ3v) is 5.13. The fourth-order valence-corrected chi connectivity index (χ4v) is 3.67. The normalized spacial score (nSPS) is 18.4. The number of phenols is 1. The van der Waals surface area contributed by atoms with Gasteiger partial charge < -0.3 is 15.5 Å². The van der Waals surface area contributed by atoms with Crippen molar-refractivity contribution in [2.45, 2.75) is 64.8 Å². The molecule has 1 fully saturated rings. The number of phenolic OH excluding ortho intramolecular Hbond substituents is 1. The Kier molecular flexibility index (Phi) is 6.18. The molecule has 1 aliphatic rings. The van der Waals surface area contributed by atoms with Crippen LogP contribution in [0.25, 0.3) is 0 Å². The number of hydrogen-bond acceptors (Lipinski definition) is 4. The largest absolute Gasteiger partial charge is 0.507 e. The van der Waals surface area contributed by atoms with Crippen molar-refractivity contribution in [2.24, 2.45) is 0 Å². The van der Waals surface area contributed by atoms with Gasteiger partial charge in [-0.2, -0.15) is 0 Å². The van der Waals surface area contributed by atoms with E-state index in [9.17, 15) is 10.2 Å². The van der Waals surface area contributed by atoms with Crippen LogP contribution in [0.4, 0.5) is 0 Å². The van der Waals surface area contributed by atoms with E-state index in [1.165, 1.54) is 5.56 Å². The zero-order valence-corrected chi connectivity index (χ0v) is 16.8. The quantitative estimate of drug-likeness (QED) is 0.781. The first kappa shape index (κ1) is 20.2. The second-order valence-corrected chi connectivity index (χ2v) is 9.28. The van der Waals surface area contributed by atoms with Gasteiger partial charge in [-0.25, -0.2) is 0 Å². The van der Waals surface area contributed by atoms with Gasteiger partial charge in [0.05, 0.1) is 0 Å². The Hall–Kier alpha value is -1.10. The molecule has 4 nitrogen and oxygen atoms in total. The number of hydrogen-bond donors (Lipinski definition) is 3. The number of nitrogens with zero attached hydrogens (tertiary/aromatic N) is 1. The van der Waals surface area contributed by atoms with E-state index >= 15 is 0 Å². The average Bonchev–Trinajstić information content (AvgIpc) is 2.51. The lowest BCUT2D eigenvalue weighted by atomic mass is 9.77. The van der Waals surface area contributed by atoms with Crippen molar-refractivity contribution in [3.63, 3.8) is 0 Å². The van der Waals surface area contributed by atoms with Crippen LogP contribution in [-0.2, 0) is 10.8 Å². The smallest absolute Gasteiger partial charge is 0.123 e. The van der Waals surface area contributed by atoms with Gasteiger partial charge in [-0.3, -0.25) is 4.90 Å². The van der Waals surface area contributed by atoms with Crippen molar-refractivity contribution in [3.8, 4) is 5.75 Å². The summed E-state index contributed by atoms with van der Waals surface area (Å²) in [4.78, 5) is 2.46. The van der Waals surface area contributed by atoms with Gasteiger partial charge in [0.15, 0.2) is 0 Å². The third kappa shape index (κ3) is 4.75. The molecule has 142 valence electrons. The number of aliphatic hydroxyl groups is 1. The maximum atomic E-state index is 10.9.